The van der Waals surface area contributed by atoms with Gasteiger partial charge in [-0.25, -0.2) is 0 Å². The summed E-state index contributed by atoms with van der Waals surface area (Å²) in [7, 11) is 0. The molecule has 1 fully saturated rings. The van der Waals surface area contributed by atoms with Crippen molar-refractivity contribution in [3.05, 3.63) is 12.2 Å². The molecular weight excluding hydrogens is 222 g/mol. The quantitative estimate of drug-likeness (QED) is 0.870. The van der Waals surface area contributed by atoms with E-state index >= 15 is 0 Å². The second kappa shape index (κ2) is 5.19. The van der Waals surface area contributed by atoms with Crippen molar-refractivity contribution < 1.29 is 4.52 Å². The lowest BCUT2D eigenvalue weighted by atomic mass is 9.82. The maximum Gasteiger partial charge on any atom is 0.227 e. The highest BCUT2D eigenvalue weighted by Gasteiger charge is 2.31. The molecule has 2 heterocycles. The molecule has 16 heavy (non-hydrogen) atoms. The third-order valence-electron chi connectivity index (χ3n) is 3.26. The molecule has 0 amide bonds. The van der Waals surface area contributed by atoms with Crippen molar-refractivity contribution in [1.82, 2.24) is 15.5 Å². The standard InChI is InChI=1S/C11H19N3OS/c1-11(2)4-6-16-7-9(11)12-5-3-10-13-8-14-15-10/h8-9,12H,3-7H2,1-2H3. The van der Waals surface area contributed by atoms with E-state index < -0.39 is 0 Å². The molecule has 1 N–H and O–H groups in total. The van der Waals surface area contributed by atoms with Gasteiger partial charge in [-0.05, 0) is 17.6 Å². The van der Waals surface area contributed by atoms with Gasteiger partial charge in [0.1, 0.15) is 0 Å². The van der Waals surface area contributed by atoms with Gasteiger partial charge in [-0.15, -0.1) is 0 Å². The first kappa shape index (κ1) is 11.9. The molecule has 90 valence electrons. The Hall–Kier alpha value is -0.550. The summed E-state index contributed by atoms with van der Waals surface area (Å²) >= 11 is 2.04. The van der Waals surface area contributed by atoms with Gasteiger partial charge in [-0.2, -0.15) is 16.7 Å². The topological polar surface area (TPSA) is 51.0 Å². The van der Waals surface area contributed by atoms with Crippen molar-refractivity contribution >= 4 is 11.8 Å². The Morgan fingerprint density at radius 1 is 1.62 bits per heavy atom. The first-order valence-corrected chi connectivity index (χ1v) is 6.91. The van der Waals surface area contributed by atoms with Crippen molar-refractivity contribution in [2.45, 2.75) is 32.7 Å². The van der Waals surface area contributed by atoms with E-state index in [9.17, 15) is 0 Å². The number of nitrogens with zero attached hydrogens (tertiary/aromatic N) is 2. The van der Waals surface area contributed by atoms with Crippen LogP contribution in [-0.2, 0) is 6.42 Å². The van der Waals surface area contributed by atoms with E-state index in [4.69, 9.17) is 4.52 Å². The SMILES string of the molecule is CC1(C)CCSCC1NCCc1ncno1. The molecular formula is C11H19N3OS. The minimum absolute atomic E-state index is 0.403. The average molecular weight is 241 g/mol. The maximum absolute atomic E-state index is 4.97. The summed E-state index contributed by atoms with van der Waals surface area (Å²) in [4.78, 5) is 4.01. The van der Waals surface area contributed by atoms with Gasteiger partial charge < -0.3 is 9.84 Å². The zero-order valence-corrected chi connectivity index (χ0v) is 10.7. The van der Waals surface area contributed by atoms with Crippen molar-refractivity contribution in [1.29, 1.82) is 0 Å². The summed E-state index contributed by atoms with van der Waals surface area (Å²) in [5.74, 6) is 3.21. The Balaban J connectivity index is 1.76. The Bertz CT molecular complexity index is 313. The van der Waals surface area contributed by atoms with E-state index in [-0.39, 0.29) is 0 Å². The van der Waals surface area contributed by atoms with Crippen molar-refractivity contribution in [3.63, 3.8) is 0 Å². The zero-order chi connectivity index (χ0) is 11.4. The van der Waals surface area contributed by atoms with E-state index in [0.717, 1.165) is 13.0 Å². The fourth-order valence-corrected chi connectivity index (χ4v) is 3.57. The summed E-state index contributed by atoms with van der Waals surface area (Å²) in [5.41, 5.74) is 0.403. The molecule has 0 radical (unpaired) electrons. The Kier molecular flexibility index (Phi) is 3.86. The number of thioether (sulfide) groups is 1. The van der Waals surface area contributed by atoms with Crippen molar-refractivity contribution in [2.75, 3.05) is 18.1 Å². The largest absolute Gasteiger partial charge is 0.340 e. The van der Waals surface area contributed by atoms with Crippen molar-refractivity contribution in [3.8, 4) is 0 Å². The van der Waals surface area contributed by atoms with E-state index in [0.29, 0.717) is 17.3 Å². The van der Waals surface area contributed by atoms with Crippen LogP contribution in [0.5, 0.6) is 0 Å². The predicted molar refractivity (Wildman–Crippen MR) is 65.5 cm³/mol. The van der Waals surface area contributed by atoms with Crippen LogP contribution in [-0.4, -0.2) is 34.2 Å². The summed E-state index contributed by atoms with van der Waals surface area (Å²) in [6, 6.07) is 0.592. The molecule has 1 saturated heterocycles. The molecule has 5 heteroatoms. The van der Waals surface area contributed by atoms with Gasteiger partial charge in [0.25, 0.3) is 0 Å². The highest BCUT2D eigenvalue weighted by molar-refractivity contribution is 7.99. The van der Waals surface area contributed by atoms with Crippen LogP contribution in [0.4, 0.5) is 0 Å². The Morgan fingerprint density at radius 2 is 2.50 bits per heavy atom. The summed E-state index contributed by atoms with van der Waals surface area (Å²) in [6.07, 6.45) is 3.56. The predicted octanol–water partition coefficient (Wildman–Crippen LogP) is 1.73. The number of aromatic nitrogens is 2. The minimum Gasteiger partial charge on any atom is -0.340 e. The molecule has 0 bridgehead atoms. The fourth-order valence-electron chi connectivity index (χ4n) is 1.93. The molecule has 1 atom stereocenters. The molecule has 2 rings (SSSR count). The lowest BCUT2D eigenvalue weighted by Gasteiger charge is -2.38. The average Bonchev–Trinajstić information content (AvgIpc) is 2.73. The van der Waals surface area contributed by atoms with Crippen molar-refractivity contribution in [2.24, 2.45) is 5.41 Å². The van der Waals surface area contributed by atoms with Crippen LogP contribution in [0.1, 0.15) is 26.2 Å². The van der Waals surface area contributed by atoms with Gasteiger partial charge in [-0.3, -0.25) is 0 Å². The zero-order valence-electron chi connectivity index (χ0n) is 9.90. The fraction of sp³-hybridized carbons (Fsp3) is 0.818. The molecule has 1 unspecified atom stereocenters. The molecule has 1 aliphatic heterocycles. The van der Waals surface area contributed by atoms with Gasteiger partial charge in [-0.1, -0.05) is 19.0 Å². The third-order valence-corrected chi connectivity index (χ3v) is 4.32. The van der Waals surface area contributed by atoms with Crippen LogP contribution in [0.3, 0.4) is 0 Å². The third kappa shape index (κ3) is 2.98. The van der Waals surface area contributed by atoms with E-state index in [2.05, 4.69) is 29.3 Å². The second-order valence-corrected chi connectivity index (χ2v) is 6.06. The van der Waals surface area contributed by atoms with E-state index in [1.165, 1.54) is 24.3 Å². The molecule has 1 aromatic heterocycles. The van der Waals surface area contributed by atoms with Crippen LogP contribution in [0, 0.1) is 5.41 Å². The van der Waals surface area contributed by atoms with Crippen LogP contribution >= 0.6 is 11.8 Å². The highest BCUT2D eigenvalue weighted by Crippen LogP contribution is 2.33. The Labute approximate surface area is 101 Å². The molecule has 1 aromatic rings. The smallest absolute Gasteiger partial charge is 0.227 e. The summed E-state index contributed by atoms with van der Waals surface area (Å²) < 4.78 is 4.97. The Morgan fingerprint density at radius 3 is 3.19 bits per heavy atom. The van der Waals surface area contributed by atoms with Crippen LogP contribution in [0.25, 0.3) is 0 Å². The first-order valence-electron chi connectivity index (χ1n) is 5.75. The number of rotatable bonds is 4. The van der Waals surface area contributed by atoms with Gasteiger partial charge in [0.2, 0.25) is 5.89 Å². The van der Waals surface area contributed by atoms with Gasteiger partial charge >= 0.3 is 0 Å². The number of hydrogen-bond donors (Lipinski definition) is 1. The number of hydrogen-bond acceptors (Lipinski definition) is 5. The van der Waals surface area contributed by atoms with E-state index in [1.807, 2.05) is 11.8 Å². The molecule has 0 aromatic carbocycles. The minimum atomic E-state index is 0.403. The van der Waals surface area contributed by atoms with Crippen LogP contribution in [0.2, 0.25) is 0 Å². The van der Waals surface area contributed by atoms with E-state index in [1.54, 1.807) is 0 Å². The molecule has 1 aliphatic rings. The van der Waals surface area contributed by atoms with Gasteiger partial charge in [0.15, 0.2) is 6.33 Å². The highest BCUT2D eigenvalue weighted by atomic mass is 32.2. The number of nitrogens with one attached hydrogen (secondary N) is 1. The maximum atomic E-state index is 4.97. The first-order chi connectivity index (χ1) is 7.68. The monoisotopic (exact) mass is 241 g/mol. The molecule has 0 saturated carbocycles. The van der Waals surface area contributed by atoms with Crippen LogP contribution < -0.4 is 5.32 Å². The lowest BCUT2D eigenvalue weighted by Crippen LogP contribution is -2.47. The molecule has 4 nitrogen and oxygen atoms in total. The van der Waals surface area contributed by atoms with Crippen LogP contribution in [0.15, 0.2) is 10.9 Å². The lowest BCUT2D eigenvalue weighted by molar-refractivity contribution is 0.245. The second-order valence-electron chi connectivity index (χ2n) is 4.91. The summed E-state index contributed by atoms with van der Waals surface area (Å²) in [5, 5.41) is 7.20. The normalized spacial score (nSPS) is 24.5. The summed E-state index contributed by atoms with van der Waals surface area (Å²) in [6.45, 7) is 5.60. The molecule has 0 aliphatic carbocycles. The van der Waals surface area contributed by atoms with Gasteiger partial charge in [0, 0.05) is 24.8 Å². The molecule has 0 spiro atoms. The van der Waals surface area contributed by atoms with Gasteiger partial charge in [0.05, 0.1) is 0 Å².